The lowest BCUT2D eigenvalue weighted by atomic mass is 10.4. The Morgan fingerprint density at radius 2 is 2.30 bits per heavy atom. The van der Waals surface area contributed by atoms with Gasteiger partial charge in [0, 0.05) is 23.6 Å². The van der Waals surface area contributed by atoms with E-state index in [2.05, 4.69) is 36.9 Å². The quantitative estimate of drug-likeness (QED) is 0.618. The van der Waals surface area contributed by atoms with Crippen molar-refractivity contribution in [3.8, 4) is 0 Å². The van der Waals surface area contributed by atoms with Crippen LogP contribution in [0, 0.1) is 0 Å². The molecule has 0 heterocycles. The number of allylic oxidation sites excluding steroid dienone is 1. The van der Waals surface area contributed by atoms with E-state index in [-0.39, 0.29) is 0 Å². The number of aliphatic imine (C=N–C) groups is 1. The number of nitrogens with two attached hydrogens (primary N) is 1. The fraction of sp³-hybridized carbons (Fsp3) is 0.500. The van der Waals surface area contributed by atoms with Crippen LogP contribution in [0.15, 0.2) is 16.8 Å². The smallest absolute Gasteiger partial charge is 0.105 e. The lowest BCUT2D eigenvalue weighted by Crippen LogP contribution is -1.99. The average molecular weight is 270 g/mol. The van der Waals surface area contributed by atoms with Crippen molar-refractivity contribution in [3.63, 3.8) is 0 Å². The molecule has 4 heteroatoms. The molecule has 0 amide bonds. The highest BCUT2D eigenvalue weighted by Gasteiger charge is 1.98. The van der Waals surface area contributed by atoms with E-state index in [1.54, 1.807) is 0 Å². The molecule has 2 nitrogen and oxygen atoms in total. The van der Waals surface area contributed by atoms with Crippen molar-refractivity contribution in [2.45, 2.75) is 6.92 Å². The summed E-state index contributed by atoms with van der Waals surface area (Å²) in [6, 6.07) is 0. The lowest BCUT2D eigenvalue weighted by molar-refractivity contribution is 1.14. The van der Waals surface area contributed by atoms with E-state index in [9.17, 15) is 0 Å². The van der Waals surface area contributed by atoms with Gasteiger partial charge in [-0.3, -0.25) is 4.99 Å². The zero-order chi connectivity index (χ0) is 7.98. The van der Waals surface area contributed by atoms with Crippen LogP contribution < -0.4 is 5.73 Å². The van der Waals surface area contributed by atoms with Crippen LogP contribution in [0.5, 0.6) is 0 Å². The fourth-order valence-electron chi connectivity index (χ4n) is 0.409. The first-order valence-corrected chi connectivity index (χ1v) is 4.84. The highest BCUT2D eigenvalue weighted by atomic mass is 79.9. The van der Waals surface area contributed by atoms with Gasteiger partial charge < -0.3 is 5.73 Å². The second-order valence-corrected chi connectivity index (χ2v) is 2.90. The number of nitrogens with zero attached hydrogens (tertiary/aromatic N) is 1. The standard InChI is InChI=1S/C6H10Br2N2/c1-2-10-6(8)5(3-7)4-9/h4H,2-3,9H2,1H3. The molecule has 0 aliphatic rings. The molecule has 10 heavy (non-hydrogen) atoms. The molecule has 0 aromatic heterocycles. The summed E-state index contributed by atoms with van der Waals surface area (Å²) < 4.78 is 0.828. The topological polar surface area (TPSA) is 38.4 Å². The third kappa shape index (κ3) is 3.37. The molecule has 0 fully saturated rings. The summed E-state index contributed by atoms with van der Waals surface area (Å²) in [5.41, 5.74) is 6.29. The van der Waals surface area contributed by atoms with Crippen molar-refractivity contribution in [2.24, 2.45) is 10.7 Å². The molecule has 0 radical (unpaired) electrons. The monoisotopic (exact) mass is 268 g/mol. The molecular weight excluding hydrogens is 260 g/mol. The minimum Gasteiger partial charge on any atom is -0.404 e. The minimum absolute atomic E-state index is 0.730. The Kier molecular flexibility index (Phi) is 6.02. The summed E-state index contributed by atoms with van der Waals surface area (Å²) in [4.78, 5) is 4.12. The number of halogens is 2. The molecule has 0 unspecified atom stereocenters. The van der Waals surface area contributed by atoms with Crippen molar-refractivity contribution < 1.29 is 0 Å². The maximum absolute atomic E-state index is 5.31. The molecule has 0 aliphatic heterocycles. The van der Waals surface area contributed by atoms with Crippen LogP contribution in [-0.4, -0.2) is 16.5 Å². The van der Waals surface area contributed by atoms with Crippen LogP contribution >= 0.6 is 31.9 Å². The van der Waals surface area contributed by atoms with Gasteiger partial charge in [-0.05, 0) is 22.9 Å². The number of hydrogen-bond acceptors (Lipinski definition) is 2. The Labute approximate surface area is 77.8 Å². The van der Waals surface area contributed by atoms with Gasteiger partial charge in [-0.15, -0.1) is 0 Å². The molecule has 0 aliphatic carbocycles. The van der Waals surface area contributed by atoms with Crippen LogP contribution in [0.1, 0.15) is 6.92 Å². The maximum Gasteiger partial charge on any atom is 0.105 e. The molecule has 0 atom stereocenters. The van der Waals surface area contributed by atoms with Crippen molar-refractivity contribution in [1.29, 1.82) is 0 Å². The van der Waals surface area contributed by atoms with Crippen molar-refractivity contribution in [1.82, 2.24) is 0 Å². The third-order valence-electron chi connectivity index (χ3n) is 0.907. The van der Waals surface area contributed by atoms with E-state index in [0.717, 1.165) is 22.1 Å². The third-order valence-corrected chi connectivity index (χ3v) is 2.27. The predicted octanol–water partition coefficient (Wildman–Crippen LogP) is 2.04. The van der Waals surface area contributed by atoms with Gasteiger partial charge in [-0.2, -0.15) is 0 Å². The highest BCUT2D eigenvalue weighted by Crippen LogP contribution is 2.06. The van der Waals surface area contributed by atoms with Crippen LogP contribution in [-0.2, 0) is 0 Å². The van der Waals surface area contributed by atoms with E-state index in [1.807, 2.05) is 6.92 Å². The first-order chi connectivity index (χ1) is 4.76. The van der Waals surface area contributed by atoms with E-state index in [4.69, 9.17) is 5.73 Å². The Morgan fingerprint density at radius 1 is 1.70 bits per heavy atom. The minimum atomic E-state index is 0.730. The van der Waals surface area contributed by atoms with Crippen molar-refractivity contribution in [2.75, 3.05) is 11.9 Å². The fourth-order valence-corrected chi connectivity index (χ4v) is 1.76. The van der Waals surface area contributed by atoms with Gasteiger partial charge in [0.2, 0.25) is 0 Å². The number of rotatable bonds is 3. The SMILES string of the molecule is CCN=C(Br)C(=CN)CBr. The van der Waals surface area contributed by atoms with E-state index >= 15 is 0 Å². The van der Waals surface area contributed by atoms with Gasteiger partial charge in [0.15, 0.2) is 0 Å². The summed E-state index contributed by atoms with van der Waals surface area (Å²) in [5, 5.41) is 0.730. The molecule has 0 bridgehead atoms. The lowest BCUT2D eigenvalue weighted by Gasteiger charge is -1.97. The summed E-state index contributed by atoms with van der Waals surface area (Å²) in [7, 11) is 0. The van der Waals surface area contributed by atoms with Crippen molar-refractivity contribution >= 4 is 36.5 Å². The van der Waals surface area contributed by atoms with Crippen LogP contribution in [0.25, 0.3) is 0 Å². The second-order valence-electron chi connectivity index (χ2n) is 1.59. The largest absolute Gasteiger partial charge is 0.404 e. The summed E-state index contributed by atoms with van der Waals surface area (Å²) in [5.74, 6) is 0. The van der Waals surface area contributed by atoms with Crippen molar-refractivity contribution in [3.05, 3.63) is 11.8 Å². The normalized spacial score (nSPS) is 13.9. The number of hydrogen-bond donors (Lipinski definition) is 1. The van der Waals surface area contributed by atoms with Gasteiger partial charge in [0.1, 0.15) is 4.62 Å². The molecule has 0 saturated carbocycles. The van der Waals surface area contributed by atoms with Gasteiger partial charge in [-0.1, -0.05) is 15.9 Å². The highest BCUT2D eigenvalue weighted by molar-refractivity contribution is 9.18. The van der Waals surface area contributed by atoms with Gasteiger partial charge in [-0.25, -0.2) is 0 Å². The molecule has 0 spiro atoms. The van der Waals surface area contributed by atoms with Crippen LogP contribution in [0.4, 0.5) is 0 Å². The molecule has 0 aromatic carbocycles. The maximum atomic E-state index is 5.31. The zero-order valence-electron chi connectivity index (χ0n) is 5.77. The van der Waals surface area contributed by atoms with Gasteiger partial charge in [0.05, 0.1) is 0 Å². The van der Waals surface area contributed by atoms with Crippen LogP contribution in [0.3, 0.4) is 0 Å². The first-order valence-electron chi connectivity index (χ1n) is 2.93. The Bertz CT molecular complexity index is 152. The number of alkyl halides is 1. The Morgan fingerprint density at radius 3 is 2.60 bits per heavy atom. The summed E-state index contributed by atoms with van der Waals surface area (Å²) in [6.07, 6.45) is 1.54. The summed E-state index contributed by atoms with van der Waals surface area (Å²) in [6.45, 7) is 2.74. The molecule has 0 aromatic rings. The molecule has 0 saturated heterocycles. The van der Waals surface area contributed by atoms with E-state index in [1.165, 1.54) is 6.20 Å². The van der Waals surface area contributed by atoms with E-state index < -0.39 is 0 Å². The van der Waals surface area contributed by atoms with Gasteiger partial charge in [0.25, 0.3) is 0 Å². The van der Waals surface area contributed by atoms with Gasteiger partial charge >= 0.3 is 0 Å². The second kappa shape index (κ2) is 5.92. The summed E-state index contributed by atoms with van der Waals surface area (Å²) >= 11 is 6.58. The Hall–Kier alpha value is 0.170. The van der Waals surface area contributed by atoms with E-state index in [0.29, 0.717) is 0 Å². The molecule has 0 rings (SSSR count). The first kappa shape index (κ1) is 10.2. The zero-order valence-corrected chi connectivity index (χ0v) is 8.94. The van der Waals surface area contributed by atoms with Crippen LogP contribution in [0.2, 0.25) is 0 Å². The average Bonchev–Trinajstić information content (AvgIpc) is 1.91. The molecular formula is C6H10Br2N2. The molecule has 2 N–H and O–H groups in total. The molecule has 58 valence electrons. The Balaban J connectivity index is 4.16. The predicted molar refractivity (Wildman–Crippen MR) is 53.0 cm³/mol.